The Kier molecular flexibility index (Phi) is 8.85. The highest BCUT2D eigenvalue weighted by molar-refractivity contribution is 6.06. The number of rotatable bonds is 6. The van der Waals surface area contributed by atoms with E-state index in [4.69, 9.17) is 9.15 Å². The van der Waals surface area contributed by atoms with Crippen LogP contribution < -0.4 is 10.6 Å². The summed E-state index contributed by atoms with van der Waals surface area (Å²) in [6, 6.07) is 8.03. The Hall–Kier alpha value is -4.50. The van der Waals surface area contributed by atoms with E-state index in [2.05, 4.69) is 25.5 Å². The maximum atomic E-state index is 13.5. The molecule has 0 unspecified atom stereocenters. The number of urea groups is 1. The van der Waals surface area contributed by atoms with Gasteiger partial charge in [0.25, 0.3) is 5.91 Å². The molecule has 15 heteroatoms. The highest BCUT2D eigenvalue weighted by Crippen LogP contribution is 2.34. The molecule has 2 N–H and O–H groups in total. The molecule has 2 fully saturated rings. The molecule has 12 nitrogen and oxygen atoms in total. The number of nitrogens with zero attached hydrogens (tertiary/aromatic N) is 5. The van der Waals surface area contributed by atoms with Gasteiger partial charge in [-0.05, 0) is 50.1 Å². The number of hydrogen-bond acceptors (Lipinski definition) is 8. The van der Waals surface area contributed by atoms with E-state index in [0.29, 0.717) is 25.4 Å². The standard InChI is InChI=1S/C30H34F3N7O5/c1-18-5-7-20(15-22(18)19-6-8-21(34-16-19)17-39-11-13-44-14-12-39)35-28(43)37-24-23(36-26(45-24)30(31,32)33)25(41)40-10-9-38(4)27(42)29(40,2)3/h5-8,15-16H,9-14,17H2,1-4H3,(H2,35,37,43). The van der Waals surface area contributed by atoms with Crippen LogP contribution in [0.25, 0.3) is 11.1 Å². The first-order valence-electron chi connectivity index (χ1n) is 14.3. The van der Waals surface area contributed by atoms with Crippen LogP contribution in [0.2, 0.25) is 0 Å². The van der Waals surface area contributed by atoms with Crippen molar-refractivity contribution in [2.45, 2.75) is 39.0 Å². The maximum Gasteiger partial charge on any atom is 0.469 e. The second-order valence-electron chi connectivity index (χ2n) is 11.5. The van der Waals surface area contributed by atoms with Crippen LogP contribution in [0, 0.1) is 6.92 Å². The third kappa shape index (κ3) is 6.93. The highest BCUT2D eigenvalue weighted by atomic mass is 19.4. The van der Waals surface area contributed by atoms with E-state index in [1.807, 2.05) is 19.1 Å². The minimum Gasteiger partial charge on any atom is -0.415 e. The van der Waals surface area contributed by atoms with E-state index in [9.17, 15) is 27.6 Å². The second kappa shape index (κ2) is 12.5. The lowest BCUT2D eigenvalue weighted by atomic mass is 9.97. The first-order valence-corrected chi connectivity index (χ1v) is 14.3. The zero-order chi connectivity index (χ0) is 32.5. The summed E-state index contributed by atoms with van der Waals surface area (Å²) in [6.45, 7) is 8.85. The number of piperazine rings is 1. The van der Waals surface area contributed by atoms with Crippen LogP contribution >= 0.6 is 0 Å². The number of amides is 4. The van der Waals surface area contributed by atoms with Crippen molar-refractivity contribution in [1.29, 1.82) is 0 Å². The van der Waals surface area contributed by atoms with Gasteiger partial charge < -0.3 is 24.3 Å². The van der Waals surface area contributed by atoms with Crippen molar-refractivity contribution in [3.63, 3.8) is 0 Å². The van der Waals surface area contributed by atoms with Crippen LogP contribution in [0.3, 0.4) is 0 Å². The van der Waals surface area contributed by atoms with Crippen molar-refractivity contribution in [2.75, 3.05) is 57.1 Å². The monoisotopic (exact) mass is 629 g/mol. The van der Waals surface area contributed by atoms with Crippen molar-refractivity contribution < 1.29 is 36.7 Å². The van der Waals surface area contributed by atoms with E-state index < -0.39 is 47.0 Å². The molecule has 0 saturated carbocycles. The molecule has 2 saturated heterocycles. The minimum absolute atomic E-state index is 0.0448. The van der Waals surface area contributed by atoms with Gasteiger partial charge in [0.2, 0.25) is 11.8 Å². The molecule has 4 heterocycles. The Morgan fingerprint density at radius 1 is 1.04 bits per heavy atom. The molecule has 0 spiro atoms. The van der Waals surface area contributed by atoms with Gasteiger partial charge in [-0.25, -0.2) is 4.79 Å². The van der Waals surface area contributed by atoms with Crippen LogP contribution in [0.15, 0.2) is 40.9 Å². The number of anilines is 2. The van der Waals surface area contributed by atoms with E-state index in [1.54, 1.807) is 31.4 Å². The topological polar surface area (TPSA) is 133 Å². The van der Waals surface area contributed by atoms with Crippen molar-refractivity contribution in [3.05, 3.63) is 59.4 Å². The zero-order valence-corrected chi connectivity index (χ0v) is 25.3. The van der Waals surface area contributed by atoms with Gasteiger partial charge in [0, 0.05) is 57.2 Å². The SMILES string of the molecule is Cc1ccc(NC(=O)Nc2oc(C(F)(F)F)nc2C(=O)N2CCN(C)C(=O)C2(C)C)cc1-c1ccc(CN2CCOCC2)nc1. The molecule has 1 aromatic carbocycles. The van der Waals surface area contributed by atoms with Crippen LogP contribution in [0.1, 0.15) is 41.5 Å². The maximum absolute atomic E-state index is 13.5. The van der Waals surface area contributed by atoms with Gasteiger partial charge in [-0.1, -0.05) is 12.1 Å². The number of likely N-dealkylation sites (N-methyl/N-ethyl adjacent to an activating group) is 1. The van der Waals surface area contributed by atoms with Gasteiger partial charge in [0.1, 0.15) is 5.54 Å². The van der Waals surface area contributed by atoms with E-state index in [1.165, 1.54) is 18.7 Å². The number of nitrogens with one attached hydrogen (secondary N) is 2. The van der Waals surface area contributed by atoms with Crippen LogP contribution in [-0.2, 0) is 22.3 Å². The molecule has 2 aromatic heterocycles. The predicted octanol–water partition coefficient (Wildman–Crippen LogP) is 4.23. The number of ether oxygens (including phenoxy) is 1. The molecule has 0 bridgehead atoms. The average Bonchev–Trinajstić information content (AvgIpc) is 3.42. The third-order valence-electron chi connectivity index (χ3n) is 7.87. The number of oxazole rings is 1. The molecular weight excluding hydrogens is 595 g/mol. The number of benzene rings is 1. The number of aromatic nitrogens is 2. The van der Waals surface area contributed by atoms with E-state index in [0.717, 1.165) is 40.4 Å². The zero-order valence-electron chi connectivity index (χ0n) is 25.3. The second-order valence-corrected chi connectivity index (χ2v) is 11.5. The number of aryl methyl sites for hydroxylation is 1. The van der Waals surface area contributed by atoms with Crippen LogP contribution in [0.5, 0.6) is 0 Å². The van der Waals surface area contributed by atoms with Gasteiger partial charge in [-0.3, -0.25) is 24.8 Å². The van der Waals surface area contributed by atoms with Crippen molar-refractivity contribution in [1.82, 2.24) is 24.7 Å². The quantitative estimate of drug-likeness (QED) is 0.414. The van der Waals surface area contributed by atoms with Gasteiger partial charge in [-0.2, -0.15) is 18.2 Å². The number of carbonyl (C=O) groups is 3. The molecule has 0 atom stereocenters. The molecule has 4 amide bonds. The summed E-state index contributed by atoms with van der Waals surface area (Å²) in [5.74, 6) is -3.88. The van der Waals surface area contributed by atoms with E-state index >= 15 is 0 Å². The number of morpholine rings is 1. The predicted molar refractivity (Wildman–Crippen MR) is 157 cm³/mol. The summed E-state index contributed by atoms with van der Waals surface area (Å²) < 4.78 is 50.8. The number of hydrogen-bond donors (Lipinski definition) is 2. The minimum atomic E-state index is -5.03. The van der Waals surface area contributed by atoms with Gasteiger partial charge in [-0.15, -0.1) is 0 Å². The Balaban J connectivity index is 1.33. The molecule has 3 aromatic rings. The first kappa shape index (κ1) is 31.9. The summed E-state index contributed by atoms with van der Waals surface area (Å²) in [6.07, 6.45) is -3.28. The Bertz CT molecular complexity index is 1580. The molecule has 2 aliphatic heterocycles. The summed E-state index contributed by atoms with van der Waals surface area (Å²) in [7, 11) is 1.57. The van der Waals surface area contributed by atoms with Gasteiger partial charge in [0.15, 0.2) is 5.69 Å². The number of alkyl halides is 3. The Labute approximate surface area is 257 Å². The molecule has 5 rings (SSSR count). The average molecular weight is 630 g/mol. The fourth-order valence-corrected chi connectivity index (χ4v) is 5.31. The highest BCUT2D eigenvalue weighted by Gasteiger charge is 2.46. The van der Waals surface area contributed by atoms with Crippen molar-refractivity contribution in [3.8, 4) is 11.1 Å². The smallest absolute Gasteiger partial charge is 0.415 e. The Morgan fingerprint density at radius 2 is 1.78 bits per heavy atom. The summed E-state index contributed by atoms with van der Waals surface area (Å²) in [4.78, 5) is 51.9. The summed E-state index contributed by atoms with van der Waals surface area (Å²) in [5.41, 5.74) is 1.61. The lowest BCUT2D eigenvalue weighted by Gasteiger charge is -2.44. The van der Waals surface area contributed by atoms with Crippen molar-refractivity contribution >= 4 is 29.4 Å². The molecule has 240 valence electrons. The molecule has 0 radical (unpaired) electrons. The molecular formula is C30H34F3N7O5. The number of carbonyl (C=O) groups excluding carboxylic acids is 3. The van der Waals surface area contributed by atoms with Crippen LogP contribution in [0.4, 0.5) is 29.5 Å². The largest absolute Gasteiger partial charge is 0.469 e. The number of pyridine rings is 1. The molecule has 0 aliphatic carbocycles. The Morgan fingerprint density at radius 3 is 2.44 bits per heavy atom. The summed E-state index contributed by atoms with van der Waals surface area (Å²) >= 11 is 0. The molecule has 2 aliphatic rings. The lowest BCUT2D eigenvalue weighted by molar-refractivity contribution is -0.156. The fourth-order valence-electron chi connectivity index (χ4n) is 5.31. The lowest BCUT2D eigenvalue weighted by Crippen LogP contribution is -2.63. The molecule has 45 heavy (non-hydrogen) atoms. The third-order valence-corrected chi connectivity index (χ3v) is 7.87. The van der Waals surface area contributed by atoms with E-state index in [-0.39, 0.29) is 13.1 Å². The normalized spacial score (nSPS) is 17.4. The first-order chi connectivity index (χ1) is 21.2. The fraction of sp³-hybridized carbons (Fsp3) is 0.433. The number of halogens is 3. The van der Waals surface area contributed by atoms with Crippen molar-refractivity contribution in [2.24, 2.45) is 0 Å². The van der Waals surface area contributed by atoms with Gasteiger partial charge >= 0.3 is 18.1 Å². The van der Waals surface area contributed by atoms with Gasteiger partial charge in [0.05, 0.1) is 18.9 Å². The van der Waals surface area contributed by atoms with Crippen LogP contribution in [-0.4, -0.2) is 94.5 Å². The summed E-state index contributed by atoms with van der Waals surface area (Å²) in [5, 5.41) is 4.76.